The van der Waals surface area contributed by atoms with E-state index in [0.717, 1.165) is 50.9 Å². The summed E-state index contributed by atoms with van der Waals surface area (Å²) in [5, 5.41) is 41.4. The number of aliphatic hydroxyl groups is 4. The average Bonchev–Trinajstić information content (AvgIpc) is 4.06. The number of allylic oxidation sites excluding steroid dienone is 7. The number of hydrogen-bond acceptors (Lipinski definition) is 13. The van der Waals surface area contributed by atoms with E-state index in [4.69, 9.17) is 33.5 Å². The largest absolute Gasteiger partial charge is 0.466 e. The Morgan fingerprint density at radius 1 is 0.588 bits per heavy atom. The highest BCUT2D eigenvalue weighted by molar-refractivity contribution is 14.2. The van der Waals surface area contributed by atoms with E-state index < -0.39 is 40.1 Å². The molecule has 6 aliphatic rings. The molecule has 0 radical (unpaired) electrons. The maximum absolute atomic E-state index is 11.2. The van der Waals surface area contributed by atoms with Crippen LogP contribution in [0.4, 0.5) is 0 Å². The number of ether oxygens (including phenoxy) is 7. The lowest BCUT2D eigenvalue weighted by Crippen LogP contribution is -2.39. The van der Waals surface area contributed by atoms with Crippen molar-refractivity contribution in [1.82, 2.24) is 0 Å². The number of aldehydes is 1. The van der Waals surface area contributed by atoms with Gasteiger partial charge in [0.15, 0.2) is 0 Å². The Morgan fingerprint density at radius 3 is 1.10 bits per heavy atom. The van der Waals surface area contributed by atoms with Gasteiger partial charge in [0, 0.05) is 6.08 Å². The van der Waals surface area contributed by atoms with Crippen LogP contribution in [0.1, 0.15) is 69.7 Å². The minimum Gasteiger partial charge on any atom is -0.466 e. The van der Waals surface area contributed by atoms with Crippen molar-refractivity contribution < 1.29 is 63.2 Å². The van der Waals surface area contributed by atoms with Crippen LogP contribution in [0.2, 0.25) is 0 Å². The van der Waals surface area contributed by atoms with Gasteiger partial charge in [-0.05, 0) is 173 Å². The van der Waals surface area contributed by atoms with Crippen molar-refractivity contribution in [3.8, 4) is 0 Å². The first-order valence-corrected chi connectivity index (χ1v) is 26.7. The van der Waals surface area contributed by atoms with E-state index in [0.29, 0.717) is 45.2 Å². The van der Waals surface area contributed by atoms with Gasteiger partial charge in [-0.15, -0.1) is 0 Å². The fourth-order valence-electron chi connectivity index (χ4n) is 7.57. The zero-order valence-electron chi connectivity index (χ0n) is 40.5. The third-order valence-electron chi connectivity index (χ3n) is 11.4. The van der Waals surface area contributed by atoms with Crippen molar-refractivity contribution in [3.63, 3.8) is 0 Å². The Balaban J connectivity index is 0.000000483. The molecule has 68 heavy (non-hydrogen) atoms. The third kappa shape index (κ3) is 17.2. The summed E-state index contributed by atoms with van der Waals surface area (Å²) < 4.78 is 39.5. The van der Waals surface area contributed by atoms with Crippen LogP contribution in [0.3, 0.4) is 0 Å². The van der Waals surface area contributed by atoms with Crippen LogP contribution in [0.15, 0.2) is 141 Å². The Bertz CT molecular complexity index is 2010. The Kier molecular flexibility index (Phi) is 27.6. The number of aliphatic hydroxyl groups excluding tert-OH is 1. The summed E-state index contributed by atoms with van der Waals surface area (Å²) in [6, 6.07) is 0. The highest BCUT2D eigenvalue weighted by Crippen LogP contribution is 2.41. The summed E-state index contributed by atoms with van der Waals surface area (Å²) >= 11 is 6.70. The molecule has 6 rings (SSSR count). The Morgan fingerprint density at radius 2 is 0.853 bits per heavy atom. The van der Waals surface area contributed by atoms with E-state index in [1.807, 2.05) is 65.5 Å². The van der Waals surface area contributed by atoms with Gasteiger partial charge < -0.3 is 53.6 Å². The number of methoxy groups -OCH3 is 1. The molecule has 3 aliphatic carbocycles. The number of hydrogen-bond donors (Lipinski definition) is 4. The van der Waals surface area contributed by atoms with Crippen LogP contribution in [0.5, 0.6) is 0 Å². The topological polar surface area (TPSA) is 180 Å². The van der Waals surface area contributed by atoms with Crippen LogP contribution in [0.25, 0.3) is 0 Å². The molecule has 380 valence electrons. The second-order valence-electron chi connectivity index (χ2n) is 16.2. The molecule has 3 saturated heterocycles. The van der Waals surface area contributed by atoms with E-state index in [2.05, 4.69) is 72.5 Å². The fourth-order valence-corrected chi connectivity index (χ4v) is 7.57. The molecular weight excluding hydrogens is 1210 g/mol. The van der Waals surface area contributed by atoms with Gasteiger partial charge >= 0.3 is 5.97 Å². The molecule has 0 aromatic rings. The Labute approximate surface area is 445 Å². The van der Waals surface area contributed by atoms with Crippen molar-refractivity contribution in [2.24, 2.45) is 0 Å². The minimum atomic E-state index is -1.22. The number of esters is 1. The van der Waals surface area contributed by atoms with Crippen molar-refractivity contribution >= 4 is 80.0 Å². The van der Waals surface area contributed by atoms with Gasteiger partial charge in [0.2, 0.25) is 17.4 Å². The van der Waals surface area contributed by atoms with Crippen LogP contribution in [-0.4, -0.2) is 128 Å². The molecular formula is C52H73I3O13. The van der Waals surface area contributed by atoms with Crippen molar-refractivity contribution in [3.05, 3.63) is 141 Å². The normalized spacial score (nSPS) is 25.5. The summed E-state index contributed by atoms with van der Waals surface area (Å²) in [6.07, 6.45) is 26.4. The molecule has 0 atom stereocenters. The lowest BCUT2D eigenvalue weighted by molar-refractivity contribution is -0.134. The smallest absolute Gasteiger partial charge is 0.330 e. The highest BCUT2D eigenvalue weighted by Gasteiger charge is 2.44. The van der Waals surface area contributed by atoms with E-state index in [9.17, 15) is 24.9 Å². The first-order valence-electron chi connectivity index (χ1n) is 21.5. The summed E-state index contributed by atoms with van der Waals surface area (Å²) in [5.74, 6) is -2.93. The molecule has 0 saturated carbocycles. The maximum Gasteiger partial charge on any atom is 0.330 e. The molecule has 3 fully saturated rings. The molecule has 0 unspecified atom stereocenters. The lowest BCUT2D eigenvalue weighted by Gasteiger charge is -2.36. The predicted octanol–water partition coefficient (Wildman–Crippen LogP) is 9.47. The molecule has 0 aromatic heterocycles. The third-order valence-corrected chi connectivity index (χ3v) is 11.4. The number of alkyl halides is 3. The molecule has 3 aliphatic heterocycles. The van der Waals surface area contributed by atoms with Gasteiger partial charge in [0.25, 0.3) is 0 Å². The maximum atomic E-state index is 11.2. The monoisotopic (exact) mass is 1290 g/mol. The zero-order valence-corrected chi connectivity index (χ0v) is 47.0. The van der Waals surface area contributed by atoms with Crippen molar-refractivity contribution in [2.45, 2.75) is 104 Å². The van der Waals surface area contributed by atoms with Crippen LogP contribution in [-0.2, 0) is 42.7 Å². The highest BCUT2D eigenvalue weighted by atomic mass is 127. The standard InChI is InChI=1S/C17H22O5.C16H22O4.C16H20O4.CH2I2.CH3I.CH4/c1-12(9-15(18)20-4)5-6-17(19)13(2)10-16(11-14(17)3)21-7-8-22-16;2*1-12(5-7-17)4-6-16(18)13(2)10-15(11-14(16)3)19-8-9-20-15;2-1-3;1-2;/h5-6,9-11,19H,7-8H2,1-4H3;4-6,10-11,17-18H,7-9H2,1-3H3;4-7,10-11,18H,8-9H2,1-3H3;1H2;1H3;1H4/b6-5+,12-9-;2*6-4+,12-5-;;;. The quantitative estimate of drug-likeness (QED) is 0.0327. The summed E-state index contributed by atoms with van der Waals surface area (Å²) in [7, 11) is 1.32. The van der Waals surface area contributed by atoms with E-state index in [-0.39, 0.29) is 14.0 Å². The molecule has 13 nitrogen and oxygen atoms in total. The van der Waals surface area contributed by atoms with Crippen LogP contribution in [0, 0.1) is 0 Å². The Hall–Kier alpha value is -2.19. The number of halogens is 3. The summed E-state index contributed by atoms with van der Waals surface area (Å²) in [5.41, 5.74) is 3.32. The number of carbonyl (C=O) groups excluding carboxylic acids is 2. The van der Waals surface area contributed by atoms with E-state index in [1.54, 1.807) is 80.7 Å². The average molecular weight is 1290 g/mol. The van der Waals surface area contributed by atoms with Gasteiger partial charge in [0.05, 0.1) is 55.8 Å². The molecule has 4 N–H and O–H groups in total. The second-order valence-corrected chi connectivity index (χ2v) is 20.7. The van der Waals surface area contributed by atoms with Gasteiger partial charge in [0.1, 0.15) is 23.1 Å². The van der Waals surface area contributed by atoms with Gasteiger partial charge in [-0.1, -0.05) is 105 Å². The SMILES string of the molecule is C.CC1=CC2(C=C(C)C1(O)/C=C/C(C)=C\C=O)OCCO2.CC1=CC2(C=C(C)C1(O)/C=C/C(C)=C\CO)OCCO2.CI.COC(=O)/C=C(C)\C=C\C1(O)C(C)=CC2(C=C1C)OCCO2.ICI. The molecule has 0 aromatic carbocycles. The summed E-state index contributed by atoms with van der Waals surface area (Å²) in [4.78, 5) is 23.6. The lowest BCUT2D eigenvalue weighted by atomic mass is 9.80. The van der Waals surface area contributed by atoms with Crippen molar-refractivity contribution in [1.29, 1.82) is 0 Å². The number of rotatable bonds is 9. The zero-order chi connectivity index (χ0) is 50.7. The van der Waals surface area contributed by atoms with Gasteiger partial charge in [-0.25, -0.2) is 4.79 Å². The minimum absolute atomic E-state index is 0. The molecule has 0 bridgehead atoms. The van der Waals surface area contributed by atoms with Crippen LogP contribution >= 0.6 is 67.8 Å². The van der Waals surface area contributed by atoms with Gasteiger partial charge in [-0.3, -0.25) is 4.79 Å². The predicted molar refractivity (Wildman–Crippen MR) is 295 cm³/mol. The van der Waals surface area contributed by atoms with Gasteiger partial charge in [-0.2, -0.15) is 0 Å². The van der Waals surface area contributed by atoms with E-state index >= 15 is 0 Å². The first-order chi connectivity index (χ1) is 31.6. The molecule has 0 amide bonds. The summed E-state index contributed by atoms with van der Waals surface area (Å²) in [6.45, 7) is 19.8. The molecule has 3 spiro atoms. The molecule has 16 heteroatoms. The second kappa shape index (κ2) is 29.4. The fraction of sp³-hybridized carbons (Fsp3) is 0.500. The van der Waals surface area contributed by atoms with E-state index in [1.165, 1.54) is 21.7 Å². The van der Waals surface area contributed by atoms with Crippen molar-refractivity contribution in [2.75, 3.05) is 60.7 Å². The first kappa shape index (κ1) is 63.8. The van der Waals surface area contributed by atoms with Crippen LogP contribution < -0.4 is 0 Å². The molecule has 3 heterocycles. The number of carbonyl (C=O) groups is 2.